The number of aromatic nitrogens is 1. The predicted molar refractivity (Wildman–Crippen MR) is 105 cm³/mol. The van der Waals surface area contributed by atoms with Crippen LogP contribution in [0.4, 0.5) is 5.69 Å². The number of benzene rings is 1. The minimum absolute atomic E-state index is 0.326. The maximum Gasteiger partial charge on any atom is 0.260 e. The number of nitrogens with one attached hydrogen (secondary N) is 1. The zero-order chi connectivity index (χ0) is 18.3. The van der Waals surface area contributed by atoms with Crippen molar-refractivity contribution in [3.05, 3.63) is 40.8 Å². The van der Waals surface area contributed by atoms with Crippen molar-refractivity contribution < 1.29 is 9.53 Å². The molecule has 4 rings (SSSR count). The van der Waals surface area contributed by atoms with E-state index in [0.717, 1.165) is 52.3 Å². The van der Waals surface area contributed by atoms with Gasteiger partial charge in [0.2, 0.25) is 0 Å². The Morgan fingerprint density at radius 1 is 1.38 bits per heavy atom. The van der Waals surface area contributed by atoms with Gasteiger partial charge in [0.1, 0.15) is 15.5 Å². The second-order valence-corrected chi connectivity index (χ2v) is 7.38. The van der Waals surface area contributed by atoms with E-state index in [1.54, 1.807) is 7.11 Å². The van der Waals surface area contributed by atoms with E-state index < -0.39 is 5.91 Å². The van der Waals surface area contributed by atoms with Crippen LogP contribution in [0.25, 0.3) is 21.5 Å². The number of hydrogen-bond acceptors (Lipinski definition) is 6. The van der Waals surface area contributed by atoms with Crippen LogP contribution in [0.3, 0.4) is 0 Å². The smallest absolute Gasteiger partial charge is 0.260 e. The molecule has 134 valence electrons. The summed E-state index contributed by atoms with van der Waals surface area (Å²) < 4.78 is 5.50. The van der Waals surface area contributed by atoms with E-state index in [1.165, 1.54) is 11.3 Å². The molecule has 1 saturated heterocycles. The molecule has 0 bridgehead atoms. The van der Waals surface area contributed by atoms with Crippen LogP contribution in [0.2, 0.25) is 0 Å². The van der Waals surface area contributed by atoms with Gasteiger partial charge >= 0.3 is 0 Å². The number of rotatable bonds is 4. The number of amides is 1. The van der Waals surface area contributed by atoms with E-state index in [4.69, 9.17) is 21.2 Å². The van der Waals surface area contributed by atoms with Gasteiger partial charge < -0.3 is 21.5 Å². The van der Waals surface area contributed by atoms with E-state index in [9.17, 15) is 4.79 Å². The summed E-state index contributed by atoms with van der Waals surface area (Å²) in [5.74, 6) is 0.570. The van der Waals surface area contributed by atoms with Crippen LogP contribution < -0.4 is 21.5 Å². The fraction of sp³-hybridized carbons (Fsp3) is 0.263. The van der Waals surface area contributed by atoms with Gasteiger partial charge in [-0.25, -0.2) is 4.98 Å². The number of nitrogens with zero attached hydrogens (tertiary/aromatic N) is 1. The first-order chi connectivity index (χ1) is 12.6. The molecule has 26 heavy (non-hydrogen) atoms. The molecule has 1 aliphatic heterocycles. The average molecular weight is 368 g/mol. The Morgan fingerprint density at radius 2 is 2.19 bits per heavy atom. The molecule has 1 unspecified atom stereocenters. The molecule has 5 N–H and O–H groups in total. The molecule has 3 aromatic rings. The Hall–Kier alpha value is -2.64. The van der Waals surface area contributed by atoms with E-state index in [-0.39, 0.29) is 0 Å². The summed E-state index contributed by atoms with van der Waals surface area (Å²) in [4.78, 5) is 17.7. The minimum Gasteiger partial charge on any atom is -0.496 e. The summed E-state index contributed by atoms with van der Waals surface area (Å²) in [5.41, 5.74) is 15.1. The van der Waals surface area contributed by atoms with Crippen LogP contribution in [0.1, 0.15) is 27.6 Å². The number of fused-ring (bicyclic) bond motifs is 1. The third kappa shape index (κ3) is 2.69. The lowest BCUT2D eigenvalue weighted by Gasteiger charge is -2.14. The monoisotopic (exact) mass is 368 g/mol. The molecule has 1 fully saturated rings. The number of anilines is 1. The second-order valence-electron chi connectivity index (χ2n) is 6.38. The first kappa shape index (κ1) is 16.8. The van der Waals surface area contributed by atoms with Crippen molar-refractivity contribution in [2.24, 2.45) is 5.73 Å². The van der Waals surface area contributed by atoms with E-state index >= 15 is 0 Å². The van der Waals surface area contributed by atoms with Gasteiger partial charge in [0, 0.05) is 17.5 Å². The van der Waals surface area contributed by atoms with Crippen molar-refractivity contribution >= 4 is 33.1 Å². The number of hydrogen-bond donors (Lipinski definition) is 3. The molecule has 6 nitrogen and oxygen atoms in total. The molecule has 0 spiro atoms. The highest BCUT2D eigenvalue weighted by Crippen LogP contribution is 2.41. The number of methoxy groups -OCH3 is 1. The van der Waals surface area contributed by atoms with Crippen LogP contribution in [0, 0.1) is 0 Å². The lowest BCUT2D eigenvalue weighted by atomic mass is 9.93. The second kappa shape index (κ2) is 6.59. The minimum atomic E-state index is -0.514. The largest absolute Gasteiger partial charge is 0.496 e. The van der Waals surface area contributed by atoms with Crippen molar-refractivity contribution in [1.82, 2.24) is 10.3 Å². The fourth-order valence-electron chi connectivity index (χ4n) is 3.57. The van der Waals surface area contributed by atoms with E-state index in [2.05, 4.69) is 11.4 Å². The number of nitrogens with two attached hydrogens (primary N) is 2. The molecule has 1 amide bonds. The summed E-state index contributed by atoms with van der Waals surface area (Å²) in [7, 11) is 1.65. The molecule has 0 saturated carbocycles. The zero-order valence-electron chi connectivity index (χ0n) is 14.4. The number of pyridine rings is 1. The van der Waals surface area contributed by atoms with Crippen molar-refractivity contribution in [1.29, 1.82) is 0 Å². The van der Waals surface area contributed by atoms with Crippen molar-refractivity contribution in [3.63, 3.8) is 0 Å². The zero-order valence-corrected chi connectivity index (χ0v) is 15.2. The highest BCUT2D eigenvalue weighted by atomic mass is 32.1. The van der Waals surface area contributed by atoms with Crippen LogP contribution in [-0.2, 0) is 0 Å². The third-order valence-corrected chi connectivity index (χ3v) is 5.95. The fourth-order valence-corrected chi connectivity index (χ4v) is 4.55. The van der Waals surface area contributed by atoms with Gasteiger partial charge in [0.15, 0.2) is 0 Å². The van der Waals surface area contributed by atoms with Crippen molar-refractivity contribution in [2.45, 2.75) is 12.3 Å². The Bertz CT molecular complexity index is 993. The highest BCUT2D eigenvalue weighted by Gasteiger charge is 2.25. The van der Waals surface area contributed by atoms with Crippen LogP contribution in [0.15, 0.2) is 30.3 Å². The molecule has 7 heteroatoms. The summed E-state index contributed by atoms with van der Waals surface area (Å²) in [6.07, 6.45) is 1.02. The quantitative estimate of drug-likeness (QED) is 0.657. The number of carbonyl (C=O) groups excluding carboxylic acids is 1. The molecular formula is C19H20N4O2S. The predicted octanol–water partition coefficient (Wildman–Crippen LogP) is 2.73. The molecule has 3 heterocycles. The lowest BCUT2D eigenvalue weighted by molar-refractivity contribution is 0.100. The number of para-hydroxylation sites is 1. The highest BCUT2D eigenvalue weighted by molar-refractivity contribution is 7.21. The Balaban J connectivity index is 2.00. The van der Waals surface area contributed by atoms with Gasteiger partial charge in [0.25, 0.3) is 5.91 Å². The molecule has 0 radical (unpaired) electrons. The maximum atomic E-state index is 11.8. The molecule has 1 aliphatic rings. The van der Waals surface area contributed by atoms with E-state index in [0.29, 0.717) is 16.5 Å². The SMILES string of the molecule is COc1ccccc1-c1cc(C2CCNC2)c2c(N)c(C(N)=O)sc2n1. The number of nitrogen functional groups attached to an aromatic ring is 1. The van der Waals surface area contributed by atoms with Gasteiger partial charge in [-0.2, -0.15) is 0 Å². The summed E-state index contributed by atoms with van der Waals surface area (Å²) in [6.45, 7) is 1.84. The molecule has 1 atom stereocenters. The van der Waals surface area contributed by atoms with Crippen LogP contribution in [-0.4, -0.2) is 31.1 Å². The number of carbonyl (C=O) groups is 1. The summed E-state index contributed by atoms with van der Waals surface area (Å²) in [5, 5.41) is 4.25. The number of primary amides is 1. The van der Waals surface area contributed by atoms with Gasteiger partial charge in [-0.1, -0.05) is 12.1 Å². The third-order valence-electron chi connectivity index (χ3n) is 4.84. The van der Waals surface area contributed by atoms with Gasteiger partial charge in [0.05, 0.1) is 18.5 Å². The van der Waals surface area contributed by atoms with Gasteiger partial charge in [-0.15, -0.1) is 11.3 Å². The van der Waals surface area contributed by atoms with E-state index in [1.807, 2.05) is 24.3 Å². The van der Waals surface area contributed by atoms with Crippen LogP contribution in [0.5, 0.6) is 5.75 Å². The standard InChI is InChI=1S/C19H20N4O2S/c1-25-14-5-3-2-4-11(14)13-8-12(10-6-7-22-9-10)15-16(20)17(18(21)24)26-19(15)23-13/h2-5,8,10,22H,6-7,9,20H2,1H3,(H2,21,24). The first-order valence-electron chi connectivity index (χ1n) is 8.47. The number of ether oxygens (including phenoxy) is 1. The summed E-state index contributed by atoms with van der Waals surface area (Å²) in [6, 6.07) is 9.85. The van der Waals surface area contributed by atoms with Crippen LogP contribution >= 0.6 is 11.3 Å². The molecule has 0 aliphatic carbocycles. The maximum absolute atomic E-state index is 11.8. The Kier molecular flexibility index (Phi) is 4.26. The van der Waals surface area contributed by atoms with Crippen molar-refractivity contribution in [3.8, 4) is 17.0 Å². The molecular weight excluding hydrogens is 348 g/mol. The Morgan fingerprint density at radius 3 is 2.88 bits per heavy atom. The normalized spacial score (nSPS) is 16.9. The van der Waals surface area contributed by atoms with Gasteiger partial charge in [-0.3, -0.25) is 4.79 Å². The Labute approximate surface area is 155 Å². The topological polar surface area (TPSA) is 103 Å². The number of thiophene rings is 1. The molecule has 2 aromatic heterocycles. The summed E-state index contributed by atoms with van der Waals surface area (Å²) >= 11 is 1.26. The first-order valence-corrected chi connectivity index (χ1v) is 9.28. The lowest BCUT2D eigenvalue weighted by Crippen LogP contribution is -2.11. The van der Waals surface area contributed by atoms with Crippen molar-refractivity contribution in [2.75, 3.05) is 25.9 Å². The van der Waals surface area contributed by atoms with Gasteiger partial charge in [-0.05, 0) is 42.6 Å². The average Bonchev–Trinajstić information content (AvgIpc) is 3.29. The molecule has 1 aromatic carbocycles.